The summed E-state index contributed by atoms with van der Waals surface area (Å²) in [7, 11) is 0. The first-order chi connectivity index (χ1) is 11.8. The number of rotatable bonds is 6. The first kappa shape index (κ1) is 15.4. The van der Waals surface area contributed by atoms with Gasteiger partial charge in [0.1, 0.15) is 5.82 Å². The molecule has 24 heavy (non-hydrogen) atoms. The number of nitrogens with zero attached hydrogens (tertiary/aromatic N) is 5. The highest BCUT2D eigenvalue weighted by atomic mass is 32.2. The van der Waals surface area contributed by atoms with Gasteiger partial charge in [0.2, 0.25) is 11.7 Å². The molecule has 7 heteroatoms. The average molecular weight is 341 g/mol. The van der Waals surface area contributed by atoms with E-state index < -0.39 is 0 Å². The molecule has 1 saturated carbocycles. The highest BCUT2D eigenvalue weighted by Crippen LogP contribution is 2.40. The highest BCUT2D eigenvalue weighted by Gasteiger charge is 2.30. The van der Waals surface area contributed by atoms with Crippen LogP contribution in [0.3, 0.4) is 0 Å². The van der Waals surface area contributed by atoms with Crippen molar-refractivity contribution in [2.24, 2.45) is 0 Å². The maximum absolute atomic E-state index is 5.40. The molecule has 0 unspecified atom stereocenters. The lowest BCUT2D eigenvalue weighted by Gasteiger charge is -2.04. The lowest BCUT2D eigenvalue weighted by molar-refractivity contribution is 0.391. The summed E-state index contributed by atoms with van der Waals surface area (Å²) in [5.74, 6) is 3.56. The second kappa shape index (κ2) is 6.39. The van der Waals surface area contributed by atoms with E-state index in [1.54, 1.807) is 11.8 Å². The van der Waals surface area contributed by atoms with Crippen molar-refractivity contribution in [2.45, 2.75) is 50.1 Å². The van der Waals surface area contributed by atoms with Crippen LogP contribution in [-0.4, -0.2) is 24.9 Å². The van der Waals surface area contributed by atoms with E-state index in [4.69, 9.17) is 4.52 Å². The Morgan fingerprint density at radius 2 is 2.08 bits per heavy atom. The smallest absolute Gasteiger partial charge is 0.237 e. The van der Waals surface area contributed by atoms with Gasteiger partial charge in [-0.05, 0) is 32.3 Å². The quantitative estimate of drug-likeness (QED) is 0.635. The Morgan fingerprint density at radius 3 is 2.83 bits per heavy atom. The molecule has 0 spiro atoms. The SMILES string of the molecule is CCn1c(SCc2nc(-c3ccccc3C)no2)nnc1C1CC1. The van der Waals surface area contributed by atoms with Gasteiger partial charge in [0, 0.05) is 18.0 Å². The Kier molecular flexibility index (Phi) is 4.10. The fourth-order valence-electron chi connectivity index (χ4n) is 2.72. The molecule has 1 aliphatic rings. The van der Waals surface area contributed by atoms with Crippen LogP contribution in [0.5, 0.6) is 0 Å². The summed E-state index contributed by atoms with van der Waals surface area (Å²) in [4.78, 5) is 4.51. The van der Waals surface area contributed by atoms with E-state index in [0.29, 0.717) is 23.4 Å². The highest BCUT2D eigenvalue weighted by molar-refractivity contribution is 7.98. The number of aromatic nitrogens is 5. The Labute approximate surface area is 144 Å². The van der Waals surface area contributed by atoms with Crippen LogP contribution in [0.15, 0.2) is 33.9 Å². The van der Waals surface area contributed by atoms with Gasteiger partial charge in [0.05, 0.1) is 5.75 Å². The van der Waals surface area contributed by atoms with Crippen molar-refractivity contribution in [3.8, 4) is 11.4 Å². The molecule has 1 fully saturated rings. The molecular formula is C17H19N5OS. The predicted octanol–water partition coefficient (Wildman–Crippen LogP) is 3.83. The van der Waals surface area contributed by atoms with Crippen LogP contribution in [0.25, 0.3) is 11.4 Å². The standard InChI is InChI=1S/C17H19N5OS/c1-3-22-16(12-8-9-12)19-20-17(22)24-10-14-18-15(21-23-14)13-7-5-4-6-11(13)2/h4-7,12H,3,8-10H2,1-2H3. The third-order valence-electron chi connectivity index (χ3n) is 4.18. The maximum Gasteiger partial charge on any atom is 0.237 e. The zero-order chi connectivity index (χ0) is 16.5. The lowest BCUT2D eigenvalue weighted by Crippen LogP contribution is -2.02. The number of aryl methyl sites for hydroxylation is 1. The topological polar surface area (TPSA) is 69.6 Å². The molecule has 6 nitrogen and oxygen atoms in total. The Balaban J connectivity index is 1.48. The van der Waals surface area contributed by atoms with E-state index in [1.807, 2.05) is 31.2 Å². The molecule has 0 bridgehead atoms. The van der Waals surface area contributed by atoms with Gasteiger partial charge in [0.25, 0.3) is 0 Å². The van der Waals surface area contributed by atoms with Crippen LogP contribution in [0, 0.1) is 6.92 Å². The van der Waals surface area contributed by atoms with Gasteiger partial charge in [0.15, 0.2) is 5.16 Å². The zero-order valence-electron chi connectivity index (χ0n) is 13.8. The predicted molar refractivity (Wildman–Crippen MR) is 91.7 cm³/mol. The summed E-state index contributed by atoms with van der Waals surface area (Å²) < 4.78 is 7.59. The molecule has 1 aromatic carbocycles. The first-order valence-corrected chi connectivity index (χ1v) is 9.19. The van der Waals surface area contributed by atoms with E-state index in [-0.39, 0.29) is 0 Å². The third-order valence-corrected chi connectivity index (χ3v) is 5.13. The van der Waals surface area contributed by atoms with Crippen LogP contribution in [0.2, 0.25) is 0 Å². The number of hydrogen-bond donors (Lipinski definition) is 0. The van der Waals surface area contributed by atoms with Gasteiger partial charge in [-0.15, -0.1) is 10.2 Å². The van der Waals surface area contributed by atoms with E-state index >= 15 is 0 Å². The van der Waals surface area contributed by atoms with Gasteiger partial charge < -0.3 is 9.09 Å². The monoisotopic (exact) mass is 341 g/mol. The molecule has 0 atom stereocenters. The van der Waals surface area contributed by atoms with Crippen molar-refractivity contribution in [1.82, 2.24) is 24.9 Å². The summed E-state index contributed by atoms with van der Waals surface area (Å²) >= 11 is 1.60. The van der Waals surface area contributed by atoms with Crippen LogP contribution < -0.4 is 0 Å². The van der Waals surface area contributed by atoms with Gasteiger partial charge in [-0.3, -0.25) is 0 Å². The third kappa shape index (κ3) is 2.96. The molecule has 3 aromatic rings. The number of hydrogen-bond acceptors (Lipinski definition) is 6. The molecule has 0 amide bonds. The molecular weight excluding hydrogens is 322 g/mol. The summed E-state index contributed by atoms with van der Waals surface area (Å²) in [5.41, 5.74) is 2.14. The van der Waals surface area contributed by atoms with Gasteiger partial charge in [-0.2, -0.15) is 4.98 Å². The van der Waals surface area contributed by atoms with Crippen molar-refractivity contribution < 1.29 is 4.52 Å². The first-order valence-electron chi connectivity index (χ1n) is 8.20. The van der Waals surface area contributed by atoms with Gasteiger partial charge >= 0.3 is 0 Å². The van der Waals surface area contributed by atoms with Crippen molar-refractivity contribution >= 4 is 11.8 Å². The molecule has 2 aromatic heterocycles. The van der Waals surface area contributed by atoms with Crippen molar-refractivity contribution in [1.29, 1.82) is 0 Å². The molecule has 0 aliphatic heterocycles. The fourth-order valence-corrected chi connectivity index (χ4v) is 3.57. The normalized spacial score (nSPS) is 14.2. The molecule has 2 heterocycles. The Bertz CT molecular complexity index is 852. The minimum Gasteiger partial charge on any atom is -0.338 e. The van der Waals surface area contributed by atoms with Crippen LogP contribution in [0.1, 0.15) is 43.0 Å². The van der Waals surface area contributed by atoms with E-state index in [0.717, 1.165) is 28.7 Å². The molecule has 0 N–H and O–H groups in total. The summed E-state index contributed by atoms with van der Waals surface area (Å²) in [6.45, 7) is 5.06. The van der Waals surface area contributed by atoms with Gasteiger partial charge in [-0.25, -0.2) is 0 Å². The minimum absolute atomic E-state index is 0.599. The van der Waals surface area contributed by atoms with Crippen LogP contribution in [0.4, 0.5) is 0 Å². The van der Waals surface area contributed by atoms with Crippen molar-refractivity contribution in [2.75, 3.05) is 0 Å². The number of benzene rings is 1. The second-order valence-electron chi connectivity index (χ2n) is 5.97. The van der Waals surface area contributed by atoms with Gasteiger partial charge in [-0.1, -0.05) is 41.2 Å². The summed E-state index contributed by atoms with van der Waals surface area (Å²) in [5, 5.41) is 13.7. The Hall–Kier alpha value is -2.15. The van der Waals surface area contributed by atoms with E-state index in [1.165, 1.54) is 12.8 Å². The summed E-state index contributed by atoms with van der Waals surface area (Å²) in [6, 6.07) is 8.04. The van der Waals surface area contributed by atoms with Crippen LogP contribution in [-0.2, 0) is 12.3 Å². The lowest BCUT2D eigenvalue weighted by atomic mass is 10.1. The number of thioether (sulfide) groups is 1. The average Bonchev–Trinajstić information content (AvgIpc) is 3.19. The molecule has 0 radical (unpaired) electrons. The van der Waals surface area contributed by atoms with Crippen molar-refractivity contribution in [3.63, 3.8) is 0 Å². The molecule has 0 saturated heterocycles. The minimum atomic E-state index is 0.599. The van der Waals surface area contributed by atoms with E-state index in [2.05, 4.69) is 31.8 Å². The van der Waals surface area contributed by atoms with Crippen LogP contribution >= 0.6 is 11.8 Å². The fraction of sp³-hybridized carbons (Fsp3) is 0.412. The molecule has 124 valence electrons. The zero-order valence-corrected chi connectivity index (χ0v) is 14.6. The largest absolute Gasteiger partial charge is 0.338 e. The molecule has 4 rings (SSSR count). The summed E-state index contributed by atoms with van der Waals surface area (Å²) in [6.07, 6.45) is 2.46. The molecule has 1 aliphatic carbocycles. The Morgan fingerprint density at radius 1 is 1.25 bits per heavy atom. The second-order valence-corrected chi connectivity index (χ2v) is 6.92. The van der Waals surface area contributed by atoms with Crippen molar-refractivity contribution in [3.05, 3.63) is 41.5 Å². The van der Waals surface area contributed by atoms with E-state index in [9.17, 15) is 0 Å². The maximum atomic E-state index is 5.40.